The van der Waals surface area contributed by atoms with Crippen molar-refractivity contribution in [1.82, 2.24) is 4.57 Å². The fourth-order valence-electron chi connectivity index (χ4n) is 1.92. The topological polar surface area (TPSA) is 109 Å². The Bertz CT molecular complexity index is 865. The maximum absolute atomic E-state index is 12.2. The molecular formula is C15H14N4O4. The van der Waals surface area contributed by atoms with Gasteiger partial charge in [-0.15, -0.1) is 5.11 Å². The first kappa shape index (κ1) is 16.2. The first-order valence-corrected chi connectivity index (χ1v) is 6.54. The van der Waals surface area contributed by atoms with Crippen LogP contribution in [-0.2, 0) is 11.9 Å². The molecule has 1 heterocycles. The van der Waals surface area contributed by atoms with Crippen molar-refractivity contribution in [2.45, 2.75) is 6.92 Å². The van der Waals surface area contributed by atoms with Gasteiger partial charge in [-0.05, 0) is 19.1 Å². The van der Waals surface area contributed by atoms with Crippen LogP contribution >= 0.6 is 0 Å². The van der Waals surface area contributed by atoms with E-state index in [2.05, 4.69) is 15.1 Å². The molecule has 0 aliphatic rings. The summed E-state index contributed by atoms with van der Waals surface area (Å²) < 4.78 is 0.949. The molecular weight excluding hydrogens is 300 g/mol. The Hall–Kier alpha value is -3.18. The van der Waals surface area contributed by atoms with E-state index >= 15 is 0 Å². The normalized spacial score (nSPS) is 10.7. The number of nitriles is 1. The predicted octanol–water partition coefficient (Wildman–Crippen LogP) is 2.63. The number of aromatic nitrogens is 1. The number of nitrogens with zero attached hydrogens (tertiary/aromatic N) is 4. The molecule has 2 rings (SSSR count). The summed E-state index contributed by atoms with van der Waals surface area (Å²) in [4.78, 5) is 21.6. The van der Waals surface area contributed by atoms with Crippen LogP contribution in [0.25, 0.3) is 0 Å². The summed E-state index contributed by atoms with van der Waals surface area (Å²) in [5.41, 5.74) is 0.123. The molecule has 1 aromatic carbocycles. The minimum absolute atomic E-state index is 0.0140. The van der Waals surface area contributed by atoms with Gasteiger partial charge in [-0.25, -0.2) is 0 Å². The molecule has 0 aliphatic carbocycles. The van der Waals surface area contributed by atoms with Crippen LogP contribution in [0, 0.1) is 18.3 Å². The number of benzene rings is 1. The van der Waals surface area contributed by atoms with E-state index in [1.165, 1.54) is 21.1 Å². The van der Waals surface area contributed by atoms with E-state index in [1.54, 1.807) is 24.3 Å². The molecule has 2 aromatic rings. The average Bonchev–Trinajstić information content (AvgIpc) is 2.54. The maximum Gasteiger partial charge on any atom is 0.281 e. The van der Waals surface area contributed by atoms with E-state index in [0.717, 1.165) is 4.57 Å². The molecule has 0 saturated heterocycles. The fraction of sp³-hybridized carbons (Fsp3) is 0.200. The van der Waals surface area contributed by atoms with Crippen LogP contribution in [0.5, 0.6) is 11.6 Å². The summed E-state index contributed by atoms with van der Waals surface area (Å²) in [5.74, 6) is 0.0291. The van der Waals surface area contributed by atoms with Gasteiger partial charge in [0.2, 0.25) is 5.88 Å². The number of rotatable bonds is 4. The molecule has 23 heavy (non-hydrogen) atoms. The van der Waals surface area contributed by atoms with Crippen LogP contribution in [0.2, 0.25) is 0 Å². The molecule has 0 amide bonds. The summed E-state index contributed by atoms with van der Waals surface area (Å²) in [6.07, 6.45) is 0. The van der Waals surface area contributed by atoms with Gasteiger partial charge in [0.05, 0.1) is 12.8 Å². The number of aromatic hydroxyl groups is 1. The third kappa shape index (κ3) is 3.20. The van der Waals surface area contributed by atoms with E-state index in [0.29, 0.717) is 11.4 Å². The van der Waals surface area contributed by atoms with Crippen molar-refractivity contribution in [3.8, 4) is 17.7 Å². The van der Waals surface area contributed by atoms with E-state index in [-0.39, 0.29) is 16.8 Å². The minimum Gasteiger partial charge on any atom is -0.493 e. The predicted molar refractivity (Wildman–Crippen MR) is 81.1 cm³/mol. The lowest BCUT2D eigenvalue weighted by molar-refractivity contribution is -0.178. The fourth-order valence-corrected chi connectivity index (χ4v) is 1.92. The van der Waals surface area contributed by atoms with Crippen LogP contribution in [0.15, 0.2) is 39.3 Å². The van der Waals surface area contributed by atoms with Crippen molar-refractivity contribution in [3.05, 3.63) is 45.7 Å². The lowest BCUT2D eigenvalue weighted by Gasteiger charge is -2.08. The maximum atomic E-state index is 12.2. The zero-order valence-electron chi connectivity index (χ0n) is 12.8. The quantitative estimate of drug-likeness (QED) is 0.530. The Morgan fingerprint density at radius 3 is 2.74 bits per heavy atom. The summed E-state index contributed by atoms with van der Waals surface area (Å²) >= 11 is 0. The highest BCUT2D eigenvalue weighted by Crippen LogP contribution is 2.27. The van der Waals surface area contributed by atoms with E-state index in [9.17, 15) is 9.90 Å². The van der Waals surface area contributed by atoms with Gasteiger partial charge < -0.3 is 9.99 Å². The van der Waals surface area contributed by atoms with Gasteiger partial charge in [0.1, 0.15) is 11.6 Å². The molecule has 0 saturated carbocycles. The third-order valence-electron chi connectivity index (χ3n) is 3.15. The van der Waals surface area contributed by atoms with E-state index < -0.39 is 11.4 Å². The van der Waals surface area contributed by atoms with Crippen LogP contribution in [0.3, 0.4) is 0 Å². The molecule has 0 spiro atoms. The highest BCUT2D eigenvalue weighted by atomic mass is 17.2. The largest absolute Gasteiger partial charge is 0.493 e. The average molecular weight is 314 g/mol. The Labute approximate surface area is 131 Å². The van der Waals surface area contributed by atoms with Crippen molar-refractivity contribution < 1.29 is 14.9 Å². The van der Waals surface area contributed by atoms with Crippen molar-refractivity contribution >= 4 is 11.4 Å². The number of hydrogen-bond donors (Lipinski definition) is 1. The van der Waals surface area contributed by atoms with Crippen LogP contribution in [0.1, 0.15) is 11.1 Å². The lowest BCUT2D eigenvalue weighted by Crippen LogP contribution is -2.18. The van der Waals surface area contributed by atoms with Crippen LogP contribution in [0.4, 0.5) is 11.4 Å². The number of hydrogen-bond acceptors (Lipinski definition) is 7. The minimum atomic E-state index is -0.549. The highest BCUT2D eigenvalue weighted by Gasteiger charge is 2.16. The van der Waals surface area contributed by atoms with Crippen LogP contribution in [-0.4, -0.2) is 16.8 Å². The standard InChI is InChI=1S/C15H14N4O4/c1-9-12(8-16)14(20)19(2)15(21)13(9)18-17-10-5-4-6-11(7-10)23-22-3/h4-7,20H,1-3H3. The van der Waals surface area contributed by atoms with Crippen molar-refractivity contribution in [2.75, 3.05) is 7.11 Å². The second-order valence-corrected chi connectivity index (χ2v) is 4.60. The molecule has 0 atom stereocenters. The Balaban J connectivity index is 2.49. The summed E-state index contributed by atoms with van der Waals surface area (Å²) in [6, 6.07) is 8.43. The SMILES string of the molecule is COOc1cccc(N=Nc2c(C)c(C#N)c(O)n(C)c2=O)c1. The molecule has 0 bridgehead atoms. The lowest BCUT2D eigenvalue weighted by atomic mass is 10.1. The second kappa shape index (κ2) is 6.72. The van der Waals surface area contributed by atoms with Gasteiger partial charge in [-0.2, -0.15) is 15.3 Å². The molecule has 0 radical (unpaired) electrons. The van der Waals surface area contributed by atoms with Gasteiger partial charge in [-0.1, -0.05) is 6.07 Å². The monoisotopic (exact) mass is 314 g/mol. The van der Waals surface area contributed by atoms with E-state index in [1.807, 2.05) is 6.07 Å². The summed E-state index contributed by atoms with van der Waals surface area (Å²) in [7, 11) is 2.73. The molecule has 8 heteroatoms. The third-order valence-corrected chi connectivity index (χ3v) is 3.15. The molecule has 118 valence electrons. The molecule has 1 aromatic heterocycles. The van der Waals surface area contributed by atoms with Gasteiger partial charge >= 0.3 is 0 Å². The smallest absolute Gasteiger partial charge is 0.281 e. The first-order valence-electron chi connectivity index (χ1n) is 6.54. The number of azo groups is 1. The Kier molecular flexibility index (Phi) is 4.73. The highest BCUT2D eigenvalue weighted by molar-refractivity contribution is 5.56. The van der Waals surface area contributed by atoms with Crippen LogP contribution < -0.4 is 10.4 Å². The van der Waals surface area contributed by atoms with Gasteiger partial charge in [0.25, 0.3) is 5.56 Å². The molecule has 8 nitrogen and oxygen atoms in total. The van der Waals surface area contributed by atoms with Gasteiger partial charge in [-0.3, -0.25) is 9.36 Å². The Morgan fingerprint density at radius 2 is 2.09 bits per heavy atom. The molecule has 0 aliphatic heterocycles. The zero-order valence-corrected chi connectivity index (χ0v) is 12.8. The van der Waals surface area contributed by atoms with Gasteiger partial charge in [0, 0.05) is 18.7 Å². The Morgan fingerprint density at radius 1 is 1.35 bits per heavy atom. The second-order valence-electron chi connectivity index (χ2n) is 4.60. The summed E-state index contributed by atoms with van der Waals surface area (Å²) in [5, 5.41) is 26.8. The van der Waals surface area contributed by atoms with E-state index in [4.69, 9.17) is 10.1 Å². The summed E-state index contributed by atoms with van der Waals surface area (Å²) in [6.45, 7) is 1.53. The van der Waals surface area contributed by atoms with Crippen molar-refractivity contribution in [2.24, 2.45) is 17.3 Å². The molecule has 0 fully saturated rings. The molecule has 1 N–H and O–H groups in total. The number of pyridine rings is 1. The first-order chi connectivity index (χ1) is 11.0. The van der Waals surface area contributed by atoms with Gasteiger partial charge in [0.15, 0.2) is 11.4 Å². The molecule has 0 unspecified atom stereocenters. The van der Waals surface area contributed by atoms with Crippen molar-refractivity contribution in [3.63, 3.8) is 0 Å². The van der Waals surface area contributed by atoms with Crippen molar-refractivity contribution in [1.29, 1.82) is 5.26 Å². The zero-order chi connectivity index (χ0) is 17.0.